The normalized spacial score (nSPS) is 24.5. The van der Waals surface area contributed by atoms with Gasteiger partial charge in [-0.15, -0.1) is 0 Å². The van der Waals surface area contributed by atoms with Crippen LogP contribution < -0.4 is 4.74 Å². The molecule has 180 valence electrons. The van der Waals surface area contributed by atoms with E-state index in [1.165, 1.54) is 0 Å². The molecular weight excluding hydrogens is 418 g/mol. The van der Waals surface area contributed by atoms with Gasteiger partial charge < -0.3 is 14.2 Å². The fourth-order valence-electron chi connectivity index (χ4n) is 5.19. The molecule has 1 aromatic rings. The molecule has 0 saturated heterocycles. The number of esters is 1. The molecule has 0 aromatic heterocycles. The average molecular weight is 456 g/mol. The maximum Gasteiger partial charge on any atom is 0.315 e. The zero-order chi connectivity index (χ0) is 23.8. The van der Waals surface area contributed by atoms with Crippen molar-refractivity contribution in [3.8, 4) is 5.75 Å². The molecule has 0 bridgehead atoms. The number of hydrogen-bond donors (Lipinski definition) is 0. The number of fused-ring (bicyclic) bond motifs is 1. The first-order valence-corrected chi connectivity index (χ1v) is 12.1. The predicted molar refractivity (Wildman–Crippen MR) is 129 cm³/mol. The van der Waals surface area contributed by atoms with E-state index in [2.05, 4.69) is 13.0 Å². The monoisotopic (exact) mass is 455 g/mol. The molecule has 1 aliphatic carbocycles. The molecular formula is C27H37NO5. The van der Waals surface area contributed by atoms with Crippen LogP contribution in [0.3, 0.4) is 0 Å². The first-order valence-electron chi connectivity index (χ1n) is 12.1. The number of ketones is 1. The van der Waals surface area contributed by atoms with Crippen molar-refractivity contribution in [2.75, 3.05) is 27.4 Å². The van der Waals surface area contributed by atoms with Crippen LogP contribution in [0.5, 0.6) is 5.75 Å². The minimum atomic E-state index is -0.489. The number of nitrogens with zero attached hydrogens (tertiary/aromatic N) is 1. The first-order chi connectivity index (χ1) is 16.0. The van der Waals surface area contributed by atoms with Crippen LogP contribution in [0.4, 0.5) is 0 Å². The smallest absolute Gasteiger partial charge is 0.315 e. The number of Topliss-reactive ketones (excluding diaryl/α,β-unsaturated/α-hetero) is 1. The Labute approximate surface area is 197 Å². The number of aliphatic imine (C=N–C) groups is 1. The van der Waals surface area contributed by atoms with Crippen molar-refractivity contribution >= 4 is 17.5 Å². The van der Waals surface area contributed by atoms with Crippen LogP contribution in [0, 0.1) is 17.8 Å². The number of benzene rings is 1. The standard InChI is InChI=1S/C27H37NO5/c1-5-6-7-8-12-21-25(27(30)33-15-14-31-3)18(2)28-22-16-19(17-23(29)26(21)22)20-11-9-10-13-24(20)32-4/h9-11,13,16,19,21,25-26H,5-8,12,14-15,17H2,1-4H3. The van der Waals surface area contributed by atoms with Crippen LogP contribution in [0.2, 0.25) is 0 Å². The van der Waals surface area contributed by atoms with E-state index in [0.29, 0.717) is 13.0 Å². The van der Waals surface area contributed by atoms with E-state index < -0.39 is 5.92 Å². The van der Waals surface area contributed by atoms with E-state index in [1.807, 2.05) is 31.2 Å². The molecule has 0 N–H and O–H groups in total. The lowest BCUT2D eigenvalue weighted by atomic mass is 9.67. The predicted octanol–water partition coefficient (Wildman–Crippen LogP) is 5.12. The largest absolute Gasteiger partial charge is 0.496 e. The number of methoxy groups -OCH3 is 2. The van der Waals surface area contributed by atoms with Crippen LogP contribution in [0.15, 0.2) is 41.0 Å². The maximum absolute atomic E-state index is 13.5. The Kier molecular flexibility index (Phi) is 9.24. The van der Waals surface area contributed by atoms with Gasteiger partial charge >= 0.3 is 5.97 Å². The number of rotatable bonds is 11. The Balaban J connectivity index is 1.93. The quantitative estimate of drug-likeness (QED) is 0.342. The summed E-state index contributed by atoms with van der Waals surface area (Å²) in [7, 11) is 3.22. The minimum Gasteiger partial charge on any atom is -0.496 e. The molecule has 1 aliphatic heterocycles. The third-order valence-electron chi connectivity index (χ3n) is 6.79. The zero-order valence-corrected chi connectivity index (χ0v) is 20.3. The van der Waals surface area contributed by atoms with Crippen LogP contribution in [0.1, 0.15) is 63.9 Å². The maximum atomic E-state index is 13.5. The summed E-state index contributed by atoms with van der Waals surface area (Å²) in [6.07, 6.45) is 7.68. The Morgan fingerprint density at radius 1 is 1.12 bits per heavy atom. The summed E-state index contributed by atoms with van der Waals surface area (Å²) in [5.74, 6) is -0.423. The van der Waals surface area contributed by atoms with E-state index >= 15 is 0 Å². The summed E-state index contributed by atoms with van der Waals surface area (Å²) in [5, 5.41) is 0. The highest BCUT2D eigenvalue weighted by Gasteiger charge is 2.47. The van der Waals surface area contributed by atoms with E-state index in [-0.39, 0.29) is 36.1 Å². The lowest BCUT2D eigenvalue weighted by molar-refractivity contribution is -0.150. The van der Waals surface area contributed by atoms with E-state index in [4.69, 9.17) is 19.2 Å². The van der Waals surface area contributed by atoms with Gasteiger partial charge in [-0.3, -0.25) is 14.6 Å². The number of allylic oxidation sites excluding steroid dienone is 2. The minimum absolute atomic E-state index is 0.0811. The lowest BCUT2D eigenvalue weighted by Crippen LogP contribution is -2.44. The molecule has 0 amide bonds. The summed E-state index contributed by atoms with van der Waals surface area (Å²) >= 11 is 0. The van der Waals surface area contributed by atoms with Crippen LogP contribution >= 0.6 is 0 Å². The zero-order valence-electron chi connectivity index (χ0n) is 20.3. The summed E-state index contributed by atoms with van der Waals surface area (Å²) in [4.78, 5) is 31.3. The van der Waals surface area contributed by atoms with E-state index in [1.54, 1.807) is 14.2 Å². The molecule has 0 radical (unpaired) electrons. The van der Waals surface area contributed by atoms with Crippen molar-refractivity contribution < 1.29 is 23.8 Å². The summed E-state index contributed by atoms with van der Waals surface area (Å²) < 4.78 is 16.0. The number of ether oxygens (including phenoxy) is 3. The second kappa shape index (κ2) is 12.1. The second-order valence-corrected chi connectivity index (χ2v) is 8.99. The Morgan fingerprint density at radius 2 is 1.91 bits per heavy atom. The number of carbonyl (C=O) groups excluding carboxylic acids is 2. The Bertz CT molecular complexity index is 890. The van der Waals surface area contributed by atoms with Crippen molar-refractivity contribution in [1.82, 2.24) is 0 Å². The van der Waals surface area contributed by atoms with Crippen molar-refractivity contribution in [3.05, 3.63) is 41.6 Å². The molecule has 33 heavy (non-hydrogen) atoms. The number of carbonyl (C=O) groups is 2. The van der Waals surface area contributed by atoms with Gasteiger partial charge in [0.2, 0.25) is 0 Å². The summed E-state index contributed by atoms with van der Waals surface area (Å²) in [5.41, 5.74) is 2.52. The molecule has 2 aliphatic rings. The van der Waals surface area contributed by atoms with Crippen molar-refractivity contribution in [3.63, 3.8) is 0 Å². The molecule has 6 nitrogen and oxygen atoms in total. The SMILES string of the molecule is CCCCCCC1C2C(=O)CC(c3ccccc3OC)C=C2N=C(C)C1C(=O)OCCOC. The summed E-state index contributed by atoms with van der Waals surface area (Å²) in [6, 6.07) is 7.82. The van der Waals surface area contributed by atoms with Gasteiger partial charge in [0.15, 0.2) is 0 Å². The van der Waals surface area contributed by atoms with Gasteiger partial charge in [-0.2, -0.15) is 0 Å². The van der Waals surface area contributed by atoms with Gasteiger partial charge in [0, 0.05) is 36.4 Å². The number of unbranched alkanes of at least 4 members (excludes halogenated alkanes) is 3. The molecule has 0 spiro atoms. The third-order valence-corrected chi connectivity index (χ3v) is 6.79. The molecule has 1 aromatic carbocycles. The topological polar surface area (TPSA) is 74.2 Å². The highest BCUT2D eigenvalue weighted by Crippen LogP contribution is 2.45. The van der Waals surface area contributed by atoms with Crippen LogP contribution in [-0.2, 0) is 19.1 Å². The van der Waals surface area contributed by atoms with Gasteiger partial charge in [0.1, 0.15) is 18.1 Å². The lowest BCUT2D eigenvalue weighted by Gasteiger charge is -2.39. The van der Waals surface area contributed by atoms with E-state index in [0.717, 1.165) is 54.8 Å². The highest BCUT2D eigenvalue weighted by molar-refractivity contribution is 6.04. The molecule has 3 rings (SSSR count). The van der Waals surface area contributed by atoms with Crippen LogP contribution in [-0.4, -0.2) is 44.9 Å². The van der Waals surface area contributed by atoms with Gasteiger partial charge in [-0.1, -0.05) is 56.9 Å². The van der Waals surface area contributed by atoms with Crippen LogP contribution in [0.25, 0.3) is 0 Å². The van der Waals surface area contributed by atoms with Gasteiger partial charge in [-0.25, -0.2) is 0 Å². The van der Waals surface area contributed by atoms with Crippen molar-refractivity contribution in [2.24, 2.45) is 22.7 Å². The number of para-hydroxylation sites is 1. The molecule has 0 saturated carbocycles. The van der Waals surface area contributed by atoms with Crippen molar-refractivity contribution in [1.29, 1.82) is 0 Å². The Morgan fingerprint density at radius 3 is 2.64 bits per heavy atom. The second-order valence-electron chi connectivity index (χ2n) is 8.99. The van der Waals surface area contributed by atoms with Gasteiger partial charge in [0.05, 0.1) is 25.6 Å². The molecule has 1 heterocycles. The first kappa shape index (κ1) is 25.2. The Hall–Kier alpha value is -2.47. The molecule has 4 unspecified atom stereocenters. The molecule has 6 heteroatoms. The summed E-state index contributed by atoms with van der Waals surface area (Å²) in [6.45, 7) is 4.62. The number of hydrogen-bond acceptors (Lipinski definition) is 6. The highest BCUT2D eigenvalue weighted by atomic mass is 16.6. The third kappa shape index (κ3) is 5.91. The van der Waals surface area contributed by atoms with Crippen molar-refractivity contribution in [2.45, 2.75) is 58.3 Å². The van der Waals surface area contributed by atoms with Gasteiger partial charge in [-0.05, 0) is 25.3 Å². The fraction of sp³-hybridized carbons (Fsp3) is 0.593. The van der Waals surface area contributed by atoms with Gasteiger partial charge in [0.25, 0.3) is 0 Å². The fourth-order valence-corrected chi connectivity index (χ4v) is 5.19. The average Bonchev–Trinajstić information content (AvgIpc) is 2.81. The molecule has 4 atom stereocenters. The molecule has 0 fully saturated rings. The van der Waals surface area contributed by atoms with E-state index in [9.17, 15) is 9.59 Å².